The van der Waals surface area contributed by atoms with Crippen molar-refractivity contribution in [2.75, 3.05) is 11.6 Å². The van der Waals surface area contributed by atoms with Crippen molar-refractivity contribution in [1.82, 2.24) is 0 Å². The Morgan fingerprint density at radius 2 is 1.81 bits per heavy atom. The van der Waals surface area contributed by atoms with E-state index in [2.05, 4.69) is 5.32 Å². The van der Waals surface area contributed by atoms with Crippen LogP contribution >= 0.6 is 0 Å². The summed E-state index contributed by atoms with van der Waals surface area (Å²) in [6, 6.07) is 6.99. The maximum absolute atomic E-state index is 11.2. The van der Waals surface area contributed by atoms with Crippen molar-refractivity contribution in [3.63, 3.8) is 0 Å². The van der Waals surface area contributed by atoms with Crippen LogP contribution in [0.2, 0.25) is 0 Å². The molecular formula is C11H15NO3S. The average Bonchev–Trinajstić information content (AvgIpc) is 2.15. The van der Waals surface area contributed by atoms with Crippen LogP contribution in [0.5, 0.6) is 0 Å². The molecule has 1 fully saturated rings. The van der Waals surface area contributed by atoms with Gasteiger partial charge in [-0.05, 0) is 37.1 Å². The predicted octanol–water partition coefficient (Wildman–Crippen LogP) is 1.03. The second kappa shape index (κ2) is 4.07. The second-order valence-corrected chi connectivity index (χ2v) is 6.28. The highest BCUT2D eigenvalue weighted by Crippen LogP contribution is 2.24. The predicted molar refractivity (Wildman–Crippen MR) is 62.2 cm³/mol. The van der Waals surface area contributed by atoms with Crippen molar-refractivity contribution in [2.45, 2.75) is 29.9 Å². The fourth-order valence-electron chi connectivity index (χ4n) is 1.74. The number of benzene rings is 1. The van der Waals surface area contributed by atoms with Crippen molar-refractivity contribution >= 4 is 15.5 Å². The van der Waals surface area contributed by atoms with Gasteiger partial charge in [0.25, 0.3) is 0 Å². The quantitative estimate of drug-likeness (QED) is 0.829. The number of rotatable bonds is 3. The molecule has 1 saturated carbocycles. The first kappa shape index (κ1) is 11.4. The highest BCUT2D eigenvalue weighted by molar-refractivity contribution is 7.90. The van der Waals surface area contributed by atoms with Crippen LogP contribution in [0.3, 0.4) is 0 Å². The van der Waals surface area contributed by atoms with E-state index in [-0.39, 0.29) is 6.10 Å². The molecule has 0 saturated heterocycles. The smallest absolute Gasteiger partial charge is 0.175 e. The van der Waals surface area contributed by atoms with Crippen molar-refractivity contribution in [3.05, 3.63) is 24.3 Å². The minimum absolute atomic E-state index is 0.187. The summed E-state index contributed by atoms with van der Waals surface area (Å²) < 4.78 is 22.4. The van der Waals surface area contributed by atoms with Crippen LogP contribution in [0.15, 0.2) is 29.2 Å². The Kier molecular flexibility index (Phi) is 2.90. The van der Waals surface area contributed by atoms with Gasteiger partial charge in [0, 0.05) is 18.0 Å². The molecule has 0 aromatic heterocycles. The molecule has 0 atom stereocenters. The lowest BCUT2D eigenvalue weighted by Gasteiger charge is -2.32. The van der Waals surface area contributed by atoms with E-state index in [1.54, 1.807) is 24.3 Å². The Bertz CT molecular complexity index is 461. The molecule has 0 amide bonds. The summed E-state index contributed by atoms with van der Waals surface area (Å²) in [6.45, 7) is 0. The van der Waals surface area contributed by atoms with E-state index >= 15 is 0 Å². The van der Waals surface area contributed by atoms with Crippen molar-refractivity contribution < 1.29 is 13.5 Å². The van der Waals surface area contributed by atoms with Gasteiger partial charge in [-0.15, -0.1) is 0 Å². The molecule has 2 N–H and O–H groups in total. The number of hydrogen-bond acceptors (Lipinski definition) is 4. The van der Waals surface area contributed by atoms with Gasteiger partial charge in [0.15, 0.2) is 9.84 Å². The molecule has 1 aromatic carbocycles. The highest BCUT2D eigenvalue weighted by Gasteiger charge is 2.26. The lowest BCUT2D eigenvalue weighted by atomic mass is 9.89. The highest BCUT2D eigenvalue weighted by atomic mass is 32.2. The van der Waals surface area contributed by atoms with Crippen LogP contribution in [0.1, 0.15) is 12.8 Å². The molecule has 0 spiro atoms. The summed E-state index contributed by atoms with van der Waals surface area (Å²) in [5.41, 5.74) is 0.893. The summed E-state index contributed by atoms with van der Waals surface area (Å²) in [4.78, 5) is 0.326. The maximum Gasteiger partial charge on any atom is 0.175 e. The number of nitrogens with one attached hydrogen (secondary N) is 1. The molecule has 2 rings (SSSR count). The van der Waals surface area contributed by atoms with Gasteiger partial charge in [-0.3, -0.25) is 0 Å². The molecule has 0 heterocycles. The standard InChI is InChI=1S/C11H15NO3S/c1-16(14,15)11-4-2-8(3-5-11)12-9-6-10(13)7-9/h2-5,9-10,12-13H,6-7H2,1H3. The lowest BCUT2D eigenvalue weighted by molar-refractivity contribution is 0.0836. The lowest BCUT2D eigenvalue weighted by Crippen LogP contribution is -2.38. The van der Waals surface area contributed by atoms with Gasteiger partial charge in [0.05, 0.1) is 11.0 Å². The number of sulfone groups is 1. The van der Waals surface area contributed by atoms with E-state index in [0.717, 1.165) is 18.5 Å². The Hall–Kier alpha value is -1.07. The molecule has 4 nitrogen and oxygen atoms in total. The molecule has 5 heteroatoms. The molecular weight excluding hydrogens is 226 g/mol. The minimum Gasteiger partial charge on any atom is -0.393 e. The van der Waals surface area contributed by atoms with Gasteiger partial charge in [-0.2, -0.15) is 0 Å². The third kappa shape index (κ3) is 2.54. The summed E-state index contributed by atoms with van der Waals surface area (Å²) >= 11 is 0. The first-order valence-electron chi connectivity index (χ1n) is 5.20. The minimum atomic E-state index is -3.12. The molecule has 0 radical (unpaired) electrons. The molecule has 0 aliphatic heterocycles. The van der Waals surface area contributed by atoms with Crippen molar-refractivity contribution in [2.24, 2.45) is 0 Å². The van der Waals surface area contributed by atoms with Gasteiger partial charge in [0.1, 0.15) is 0 Å². The zero-order chi connectivity index (χ0) is 11.8. The molecule has 1 aliphatic carbocycles. The Labute approximate surface area is 95.2 Å². The maximum atomic E-state index is 11.2. The van der Waals surface area contributed by atoms with Crippen molar-refractivity contribution in [3.8, 4) is 0 Å². The van der Waals surface area contributed by atoms with E-state index in [4.69, 9.17) is 5.11 Å². The Morgan fingerprint density at radius 3 is 2.25 bits per heavy atom. The third-order valence-corrected chi connectivity index (χ3v) is 3.89. The van der Waals surface area contributed by atoms with E-state index in [1.807, 2.05) is 0 Å². The Morgan fingerprint density at radius 1 is 1.25 bits per heavy atom. The first-order chi connectivity index (χ1) is 7.45. The molecule has 1 aromatic rings. The van der Waals surface area contributed by atoms with E-state index in [9.17, 15) is 8.42 Å². The molecule has 1 aliphatic rings. The molecule has 0 bridgehead atoms. The van der Waals surface area contributed by atoms with Gasteiger partial charge in [-0.25, -0.2) is 8.42 Å². The summed E-state index contributed by atoms with van der Waals surface area (Å²) in [7, 11) is -3.12. The Balaban J connectivity index is 2.03. The van der Waals surface area contributed by atoms with Gasteiger partial charge >= 0.3 is 0 Å². The average molecular weight is 241 g/mol. The molecule has 0 unspecified atom stereocenters. The SMILES string of the molecule is CS(=O)(=O)c1ccc(NC2CC(O)C2)cc1. The van der Waals surface area contributed by atoms with E-state index < -0.39 is 9.84 Å². The summed E-state index contributed by atoms with van der Waals surface area (Å²) in [5, 5.41) is 12.4. The zero-order valence-corrected chi connectivity index (χ0v) is 9.87. The number of aliphatic hydroxyl groups is 1. The van der Waals surface area contributed by atoms with Crippen LogP contribution in [0.4, 0.5) is 5.69 Å². The zero-order valence-electron chi connectivity index (χ0n) is 9.05. The number of anilines is 1. The fourth-order valence-corrected chi connectivity index (χ4v) is 2.37. The molecule has 88 valence electrons. The van der Waals surface area contributed by atoms with E-state index in [0.29, 0.717) is 10.9 Å². The largest absolute Gasteiger partial charge is 0.393 e. The van der Waals surface area contributed by atoms with Gasteiger partial charge < -0.3 is 10.4 Å². The molecule has 16 heavy (non-hydrogen) atoms. The fraction of sp³-hybridized carbons (Fsp3) is 0.455. The van der Waals surface area contributed by atoms with Crippen molar-refractivity contribution in [1.29, 1.82) is 0 Å². The third-order valence-electron chi connectivity index (χ3n) is 2.77. The van der Waals surface area contributed by atoms with Gasteiger partial charge in [0.2, 0.25) is 0 Å². The second-order valence-electron chi connectivity index (χ2n) is 4.26. The normalized spacial score (nSPS) is 24.9. The number of hydrogen-bond donors (Lipinski definition) is 2. The van der Waals surface area contributed by atoms with Crippen LogP contribution in [-0.2, 0) is 9.84 Å². The first-order valence-corrected chi connectivity index (χ1v) is 7.09. The van der Waals surface area contributed by atoms with E-state index in [1.165, 1.54) is 6.26 Å². The van der Waals surface area contributed by atoms with Crippen LogP contribution in [-0.4, -0.2) is 31.9 Å². The number of aliphatic hydroxyl groups excluding tert-OH is 1. The van der Waals surface area contributed by atoms with Crippen LogP contribution < -0.4 is 5.32 Å². The van der Waals surface area contributed by atoms with Crippen LogP contribution in [0, 0.1) is 0 Å². The summed E-state index contributed by atoms with van der Waals surface area (Å²) in [6.07, 6.45) is 2.52. The topological polar surface area (TPSA) is 66.4 Å². The summed E-state index contributed by atoms with van der Waals surface area (Å²) in [5.74, 6) is 0. The van der Waals surface area contributed by atoms with Crippen LogP contribution in [0.25, 0.3) is 0 Å². The van der Waals surface area contributed by atoms with Gasteiger partial charge in [-0.1, -0.05) is 0 Å². The monoisotopic (exact) mass is 241 g/mol.